The van der Waals surface area contributed by atoms with Crippen molar-refractivity contribution in [2.24, 2.45) is 0 Å². The highest BCUT2D eigenvalue weighted by molar-refractivity contribution is 7.99. The van der Waals surface area contributed by atoms with Gasteiger partial charge in [-0.2, -0.15) is 4.31 Å². The molecule has 0 aromatic heterocycles. The van der Waals surface area contributed by atoms with Gasteiger partial charge in [-0.05, 0) is 29.8 Å². The van der Waals surface area contributed by atoms with E-state index in [0.29, 0.717) is 50.8 Å². The average Bonchev–Trinajstić information content (AvgIpc) is 2.80. The molecule has 1 amide bonds. The van der Waals surface area contributed by atoms with Gasteiger partial charge in [-0.1, -0.05) is 30.3 Å². The summed E-state index contributed by atoms with van der Waals surface area (Å²) in [5.41, 5.74) is 1.21. The average molecular weight is 464 g/mol. The maximum atomic E-state index is 12.8. The van der Waals surface area contributed by atoms with E-state index in [4.69, 9.17) is 4.74 Å². The topological polar surface area (TPSA) is 79.0 Å². The number of carbonyl (C=O) groups is 1. The van der Waals surface area contributed by atoms with Gasteiger partial charge in [0.25, 0.3) is 0 Å². The van der Waals surface area contributed by atoms with Crippen LogP contribution in [0.2, 0.25) is 0 Å². The normalized spacial score (nSPS) is 15.5. The molecule has 2 aromatic rings. The number of nitrogens with zero attached hydrogens (tertiary/aromatic N) is 2. The second kappa shape index (κ2) is 11.5. The number of methoxy groups -OCH3 is 1. The van der Waals surface area contributed by atoms with Crippen molar-refractivity contribution < 1.29 is 17.9 Å². The van der Waals surface area contributed by atoms with Crippen LogP contribution in [-0.4, -0.2) is 75.7 Å². The minimum Gasteiger partial charge on any atom is -0.497 e. The van der Waals surface area contributed by atoms with E-state index in [1.165, 1.54) is 9.87 Å². The molecule has 1 heterocycles. The molecule has 7 nitrogen and oxygen atoms in total. The molecule has 1 aliphatic rings. The van der Waals surface area contributed by atoms with Crippen LogP contribution in [0.15, 0.2) is 59.5 Å². The highest BCUT2D eigenvalue weighted by Crippen LogP contribution is 2.20. The zero-order valence-corrected chi connectivity index (χ0v) is 19.3. The lowest BCUT2D eigenvalue weighted by Crippen LogP contribution is -2.50. The molecule has 9 heteroatoms. The van der Waals surface area contributed by atoms with E-state index in [1.54, 1.807) is 43.1 Å². The van der Waals surface area contributed by atoms with E-state index < -0.39 is 10.0 Å². The minimum absolute atomic E-state index is 0.0293. The molecule has 0 spiro atoms. The zero-order valence-electron chi connectivity index (χ0n) is 17.7. The van der Waals surface area contributed by atoms with Gasteiger partial charge in [0.05, 0.1) is 17.8 Å². The number of hydrogen-bond donors (Lipinski definition) is 1. The molecule has 168 valence electrons. The Morgan fingerprint density at radius 3 is 2.35 bits per heavy atom. The van der Waals surface area contributed by atoms with Crippen molar-refractivity contribution in [1.82, 2.24) is 14.5 Å². The van der Waals surface area contributed by atoms with Crippen molar-refractivity contribution in [3.8, 4) is 5.75 Å². The van der Waals surface area contributed by atoms with Gasteiger partial charge in [-0.25, -0.2) is 8.42 Å². The number of thioether (sulfide) groups is 1. The fraction of sp³-hybridized carbons (Fsp3) is 0.409. The lowest BCUT2D eigenvalue weighted by molar-refractivity contribution is -0.118. The minimum atomic E-state index is -3.50. The molecule has 0 saturated carbocycles. The summed E-state index contributed by atoms with van der Waals surface area (Å²) in [5.74, 6) is 1.91. The van der Waals surface area contributed by atoms with Crippen LogP contribution in [-0.2, 0) is 20.6 Å². The van der Waals surface area contributed by atoms with E-state index in [1.807, 2.05) is 18.2 Å². The molecule has 1 N–H and O–H groups in total. The highest BCUT2D eigenvalue weighted by atomic mass is 32.2. The molecule has 0 bridgehead atoms. The van der Waals surface area contributed by atoms with Gasteiger partial charge in [0.2, 0.25) is 15.9 Å². The summed E-state index contributed by atoms with van der Waals surface area (Å²) in [6, 6.07) is 16.6. The quantitative estimate of drug-likeness (QED) is 0.581. The molecule has 1 fully saturated rings. The number of amides is 1. The molecule has 0 atom stereocenters. The van der Waals surface area contributed by atoms with Crippen LogP contribution < -0.4 is 10.1 Å². The summed E-state index contributed by atoms with van der Waals surface area (Å²) in [6.45, 7) is 3.45. The molecule has 1 saturated heterocycles. The SMILES string of the molecule is COc1ccc(S(=O)(=O)N2CCN(CCNC(=O)CSCc3ccccc3)CC2)cc1. The third kappa shape index (κ3) is 6.96. The first-order chi connectivity index (χ1) is 15.0. The second-order valence-electron chi connectivity index (χ2n) is 7.25. The maximum absolute atomic E-state index is 12.8. The maximum Gasteiger partial charge on any atom is 0.243 e. The number of benzene rings is 2. The van der Waals surface area contributed by atoms with E-state index in [2.05, 4.69) is 22.3 Å². The summed E-state index contributed by atoms with van der Waals surface area (Å²) in [5, 5.41) is 2.95. The van der Waals surface area contributed by atoms with E-state index in [0.717, 1.165) is 5.75 Å². The standard InChI is InChI=1S/C22H29N3O4S2/c1-29-20-7-9-21(10-8-20)31(27,28)25-15-13-24(14-16-25)12-11-23-22(26)18-30-17-19-5-3-2-4-6-19/h2-10H,11-18H2,1H3,(H,23,26). The van der Waals surface area contributed by atoms with Crippen molar-refractivity contribution in [2.45, 2.75) is 10.6 Å². The highest BCUT2D eigenvalue weighted by Gasteiger charge is 2.28. The van der Waals surface area contributed by atoms with Crippen LogP contribution in [0.1, 0.15) is 5.56 Å². The third-order valence-electron chi connectivity index (χ3n) is 5.12. The predicted molar refractivity (Wildman–Crippen MR) is 124 cm³/mol. The molecule has 2 aromatic carbocycles. The number of carbonyl (C=O) groups excluding carboxylic acids is 1. The first kappa shape index (κ1) is 23.6. The molecule has 0 unspecified atom stereocenters. The van der Waals surface area contributed by atoms with E-state index in [-0.39, 0.29) is 10.8 Å². The summed E-state index contributed by atoms with van der Waals surface area (Å²) >= 11 is 1.60. The first-order valence-corrected chi connectivity index (χ1v) is 12.8. The van der Waals surface area contributed by atoms with Gasteiger partial charge in [0.15, 0.2) is 0 Å². The summed E-state index contributed by atoms with van der Waals surface area (Å²) in [6.07, 6.45) is 0. The van der Waals surface area contributed by atoms with Crippen molar-refractivity contribution in [3.63, 3.8) is 0 Å². The zero-order chi connectivity index (χ0) is 22.1. The number of ether oxygens (including phenoxy) is 1. The van der Waals surface area contributed by atoms with Crippen LogP contribution >= 0.6 is 11.8 Å². The Hall–Kier alpha value is -2.07. The van der Waals surface area contributed by atoms with Crippen LogP contribution in [0, 0.1) is 0 Å². The second-order valence-corrected chi connectivity index (χ2v) is 10.2. The Morgan fingerprint density at radius 1 is 1.03 bits per heavy atom. The summed E-state index contributed by atoms with van der Waals surface area (Å²) < 4.78 is 32.2. The van der Waals surface area contributed by atoms with Gasteiger partial charge in [0, 0.05) is 45.0 Å². The first-order valence-electron chi connectivity index (χ1n) is 10.2. The molecule has 31 heavy (non-hydrogen) atoms. The van der Waals surface area contributed by atoms with Gasteiger partial charge in [-0.15, -0.1) is 11.8 Å². The molecule has 0 aliphatic carbocycles. The Labute approximate surface area is 188 Å². The van der Waals surface area contributed by atoms with Crippen LogP contribution in [0.4, 0.5) is 0 Å². The Kier molecular flexibility index (Phi) is 8.77. The molecular weight excluding hydrogens is 434 g/mol. The van der Waals surface area contributed by atoms with Gasteiger partial charge in [-0.3, -0.25) is 9.69 Å². The fourth-order valence-electron chi connectivity index (χ4n) is 3.33. The van der Waals surface area contributed by atoms with Crippen LogP contribution in [0.3, 0.4) is 0 Å². The number of nitrogens with one attached hydrogen (secondary N) is 1. The fourth-order valence-corrected chi connectivity index (χ4v) is 5.57. The monoisotopic (exact) mass is 463 g/mol. The smallest absolute Gasteiger partial charge is 0.243 e. The molecule has 1 aliphatic heterocycles. The number of rotatable bonds is 10. The summed E-state index contributed by atoms with van der Waals surface area (Å²) in [7, 11) is -1.95. The Balaban J connectivity index is 1.34. The van der Waals surface area contributed by atoms with Crippen molar-refractivity contribution >= 4 is 27.7 Å². The molecular formula is C22H29N3O4S2. The van der Waals surface area contributed by atoms with Crippen molar-refractivity contribution in [3.05, 3.63) is 60.2 Å². The van der Waals surface area contributed by atoms with Crippen molar-refractivity contribution in [2.75, 3.05) is 52.1 Å². The lowest BCUT2D eigenvalue weighted by atomic mass is 10.2. The molecule has 3 rings (SSSR count). The van der Waals surface area contributed by atoms with Gasteiger partial charge in [0.1, 0.15) is 5.75 Å². The number of piperazine rings is 1. The number of hydrogen-bond acceptors (Lipinski definition) is 6. The van der Waals surface area contributed by atoms with Crippen molar-refractivity contribution in [1.29, 1.82) is 0 Å². The molecule has 0 radical (unpaired) electrons. The van der Waals surface area contributed by atoms with E-state index in [9.17, 15) is 13.2 Å². The Morgan fingerprint density at radius 2 is 1.71 bits per heavy atom. The van der Waals surface area contributed by atoms with E-state index >= 15 is 0 Å². The van der Waals surface area contributed by atoms with Crippen LogP contribution in [0.5, 0.6) is 5.75 Å². The predicted octanol–water partition coefficient (Wildman–Crippen LogP) is 2.05. The van der Waals surface area contributed by atoms with Gasteiger partial charge < -0.3 is 10.1 Å². The van der Waals surface area contributed by atoms with Gasteiger partial charge >= 0.3 is 0 Å². The third-order valence-corrected chi connectivity index (χ3v) is 8.04. The largest absolute Gasteiger partial charge is 0.497 e. The number of sulfonamides is 1. The van der Waals surface area contributed by atoms with Crippen LogP contribution in [0.25, 0.3) is 0 Å². The summed E-state index contributed by atoms with van der Waals surface area (Å²) in [4.78, 5) is 14.5. The Bertz CT molecular complexity index is 929. The lowest BCUT2D eigenvalue weighted by Gasteiger charge is -2.34.